The molecule has 0 aliphatic carbocycles. The third-order valence-corrected chi connectivity index (χ3v) is 4.51. The van der Waals surface area contributed by atoms with Crippen LogP contribution in [0, 0.1) is 6.92 Å². The Morgan fingerprint density at radius 3 is 2.59 bits per heavy atom. The summed E-state index contributed by atoms with van der Waals surface area (Å²) in [6, 6.07) is 23.2. The van der Waals surface area contributed by atoms with Gasteiger partial charge < -0.3 is 10.1 Å². The highest BCUT2D eigenvalue weighted by Gasteiger charge is 2.12. The number of nitrogens with one attached hydrogen (secondary N) is 1. The monoisotopic (exact) mass is 385 g/mol. The van der Waals surface area contributed by atoms with Crippen LogP contribution in [0.2, 0.25) is 0 Å². The van der Waals surface area contributed by atoms with Crippen LogP contribution in [0.4, 0.5) is 5.69 Å². The van der Waals surface area contributed by atoms with E-state index in [1.165, 1.54) is 6.33 Å². The lowest BCUT2D eigenvalue weighted by atomic mass is 10.1. The van der Waals surface area contributed by atoms with Gasteiger partial charge in [0.25, 0.3) is 5.91 Å². The number of benzene rings is 3. The summed E-state index contributed by atoms with van der Waals surface area (Å²) in [6.07, 6.45) is 1.51. The molecule has 1 heterocycles. The van der Waals surface area contributed by atoms with Crippen LogP contribution in [0.25, 0.3) is 16.8 Å². The van der Waals surface area contributed by atoms with E-state index in [9.17, 15) is 4.79 Å². The molecule has 0 atom stereocenters. The van der Waals surface area contributed by atoms with Crippen LogP contribution in [0.3, 0.4) is 0 Å². The Labute approximate surface area is 168 Å². The lowest BCUT2D eigenvalue weighted by Crippen LogP contribution is -2.21. The quantitative estimate of drug-likeness (QED) is 0.548. The van der Waals surface area contributed by atoms with Crippen LogP contribution in [0.5, 0.6) is 5.75 Å². The second-order valence-corrected chi connectivity index (χ2v) is 6.40. The fourth-order valence-electron chi connectivity index (χ4n) is 3.06. The molecule has 0 aliphatic rings. The summed E-state index contributed by atoms with van der Waals surface area (Å²) in [5.41, 5.74) is 4.31. The molecule has 0 radical (unpaired) electrons. The zero-order valence-electron chi connectivity index (χ0n) is 15.8. The number of ether oxygens (including phenoxy) is 1. The second-order valence-electron chi connectivity index (χ2n) is 6.40. The van der Waals surface area contributed by atoms with Gasteiger partial charge in [0.15, 0.2) is 6.61 Å². The Morgan fingerprint density at radius 1 is 1.00 bits per heavy atom. The molecule has 0 saturated heterocycles. The number of rotatable bonds is 6. The van der Waals surface area contributed by atoms with Crippen molar-refractivity contribution < 1.29 is 9.53 Å². The SMILES string of the molecule is Cc1c(NC(=O)COc2ccccc2-c2ccccc2)cccc1-n1cnnn1. The van der Waals surface area contributed by atoms with Gasteiger partial charge in [0.1, 0.15) is 12.1 Å². The Hall–Kier alpha value is -4.00. The minimum Gasteiger partial charge on any atom is -0.483 e. The van der Waals surface area contributed by atoms with Crippen molar-refractivity contribution in [3.63, 3.8) is 0 Å². The van der Waals surface area contributed by atoms with Gasteiger partial charge in [0.05, 0.1) is 5.69 Å². The second kappa shape index (κ2) is 8.35. The average molecular weight is 385 g/mol. The third kappa shape index (κ3) is 4.14. The molecule has 7 nitrogen and oxygen atoms in total. The van der Waals surface area contributed by atoms with E-state index in [0.717, 1.165) is 22.4 Å². The highest BCUT2D eigenvalue weighted by molar-refractivity contribution is 5.93. The van der Waals surface area contributed by atoms with Crippen LogP contribution in [-0.2, 0) is 4.79 Å². The summed E-state index contributed by atoms with van der Waals surface area (Å²) in [7, 11) is 0. The van der Waals surface area contributed by atoms with E-state index in [-0.39, 0.29) is 12.5 Å². The number of tetrazole rings is 1. The van der Waals surface area contributed by atoms with Gasteiger partial charge in [-0.05, 0) is 46.7 Å². The number of aromatic nitrogens is 4. The number of amides is 1. The number of para-hydroxylation sites is 1. The Kier molecular flexibility index (Phi) is 5.29. The number of hydrogen-bond donors (Lipinski definition) is 1. The molecule has 0 saturated carbocycles. The molecule has 29 heavy (non-hydrogen) atoms. The van der Waals surface area contributed by atoms with Crippen molar-refractivity contribution in [1.82, 2.24) is 20.2 Å². The molecular weight excluding hydrogens is 366 g/mol. The highest BCUT2D eigenvalue weighted by Crippen LogP contribution is 2.29. The molecular formula is C22H19N5O2. The summed E-state index contributed by atoms with van der Waals surface area (Å²) >= 11 is 0. The highest BCUT2D eigenvalue weighted by atomic mass is 16.5. The lowest BCUT2D eigenvalue weighted by molar-refractivity contribution is -0.118. The molecule has 7 heteroatoms. The Morgan fingerprint density at radius 2 is 1.79 bits per heavy atom. The maximum absolute atomic E-state index is 12.5. The molecule has 1 aromatic heterocycles. The van der Waals surface area contributed by atoms with Gasteiger partial charge in [-0.25, -0.2) is 4.68 Å². The average Bonchev–Trinajstić information content (AvgIpc) is 3.29. The van der Waals surface area contributed by atoms with E-state index in [4.69, 9.17) is 4.74 Å². The molecule has 0 spiro atoms. The zero-order chi connectivity index (χ0) is 20.1. The smallest absolute Gasteiger partial charge is 0.262 e. The summed E-state index contributed by atoms with van der Waals surface area (Å²) in [4.78, 5) is 12.5. The molecule has 0 unspecified atom stereocenters. The predicted octanol–water partition coefficient (Wildman–Crippen LogP) is 3.66. The summed E-state index contributed by atoms with van der Waals surface area (Å²) in [6.45, 7) is 1.80. The van der Waals surface area contributed by atoms with Gasteiger partial charge in [-0.15, -0.1) is 5.10 Å². The minimum atomic E-state index is -0.246. The minimum absolute atomic E-state index is 0.0988. The fourth-order valence-corrected chi connectivity index (χ4v) is 3.06. The lowest BCUT2D eigenvalue weighted by Gasteiger charge is -2.14. The van der Waals surface area contributed by atoms with Crippen LogP contribution < -0.4 is 10.1 Å². The summed E-state index contributed by atoms with van der Waals surface area (Å²) in [5.74, 6) is 0.415. The van der Waals surface area contributed by atoms with E-state index in [1.54, 1.807) is 4.68 Å². The Bertz CT molecular complexity index is 1110. The first-order valence-corrected chi connectivity index (χ1v) is 9.12. The first kappa shape index (κ1) is 18.4. The number of nitrogens with zero attached hydrogens (tertiary/aromatic N) is 4. The molecule has 0 bridgehead atoms. The summed E-state index contributed by atoms with van der Waals surface area (Å²) in [5, 5.41) is 14.1. The topological polar surface area (TPSA) is 81.9 Å². The molecule has 4 rings (SSSR count). The van der Waals surface area contributed by atoms with Crippen molar-refractivity contribution in [2.24, 2.45) is 0 Å². The number of anilines is 1. The van der Waals surface area contributed by atoms with Gasteiger partial charge in [0.2, 0.25) is 0 Å². The van der Waals surface area contributed by atoms with Crippen molar-refractivity contribution in [1.29, 1.82) is 0 Å². The van der Waals surface area contributed by atoms with Crippen molar-refractivity contribution in [3.05, 3.63) is 84.7 Å². The molecule has 0 aliphatic heterocycles. The summed E-state index contributed by atoms with van der Waals surface area (Å²) < 4.78 is 7.37. The van der Waals surface area contributed by atoms with Crippen LogP contribution >= 0.6 is 0 Å². The normalized spacial score (nSPS) is 10.5. The van der Waals surface area contributed by atoms with Crippen molar-refractivity contribution >= 4 is 11.6 Å². The van der Waals surface area contributed by atoms with E-state index in [2.05, 4.69) is 20.8 Å². The molecule has 4 aromatic rings. The van der Waals surface area contributed by atoms with Gasteiger partial charge in [-0.3, -0.25) is 4.79 Å². The van der Waals surface area contributed by atoms with E-state index >= 15 is 0 Å². The Balaban J connectivity index is 1.47. The maximum atomic E-state index is 12.5. The van der Waals surface area contributed by atoms with E-state index < -0.39 is 0 Å². The zero-order valence-corrected chi connectivity index (χ0v) is 15.8. The van der Waals surface area contributed by atoms with Crippen molar-refractivity contribution in [2.75, 3.05) is 11.9 Å². The van der Waals surface area contributed by atoms with E-state index in [0.29, 0.717) is 11.4 Å². The van der Waals surface area contributed by atoms with Gasteiger partial charge in [0, 0.05) is 11.3 Å². The number of carbonyl (C=O) groups is 1. The molecule has 1 amide bonds. The van der Waals surface area contributed by atoms with Crippen molar-refractivity contribution in [3.8, 4) is 22.6 Å². The van der Waals surface area contributed by atoms with Gasteiger partial charge in [-0.1, -0.05) is 54.6 Å². The molecule has 3 aromatic carbocycles. The van der Waals surface area contributed by atoms with E-state index in [1.807, 2.05) is 79.7 Å². The van der Waals surface area contributed by atoms with Crippen LogP contribution in [-0.4, -0.2) is 32.7 Å². The molecule has 0 fully saturated rings. The van der Waals surface area contributed by atoms with Crippen molar-refractivity contribution in [2.45, 2.75) is 6.92 Å². The number of hydrogen-bond acceptors (Lipinski definition) is 5. The number of carbonyl (C=O) groups excluding carboxylic acids is 1. The van der Waals surface area contributed by atoms with Gasteiger partial charge in [-0.2, -0.15) is 0 Å². The van der Waals surface area contributed by atoms with Gasteiger partial charge >= 0.3 is 0 Å². The largest absolute Gasteiger partial charge is 0.483 e. The van der Waals surface area contributed by atoms with Crippen LogP contribution in [0.1, 0.15) is 5.56 Å². The van der Waals surface area contributed by atoms with Crippen LogP contribution in [0.15, 0.2) is 79.1 Å². The first-order chi connectivity index (χ1) is 14.2. The third-order valence-electron chi connectivity index (χ3n) is 4.51. The predicted molar refractivity (Wildman–Crippen MR) is 110 cm³/mol. The standard InChI is InChI=1S/C22H19N5O2/c1-16-19(11-7-12-20(16)27-15-23-25-26-27)24-22(28)14-29-21-13-6-5-10-18(21)17-8-3-2-4-9-17/h2-13,15H,14H2,1H3,(H,24,28). The molecule has 144 valence electrons. The fraction of sp³-hybridized carbons (Fsp3) is 0.0909. The first-order valence-electron chi connectivity index (χ1n) is 9.12. The molecule has 1 N–H and O–H groups in total. The maximum Gasteiger partial charge on any atom is 0.262 e.